The molecule has 260 valence electrons. The van der Waals surface area contributed by atoms with Crippen molar-refractivity contribution >= 4 is 54.4 Å². The molecule has 0 amide bonds. The van der Waals surface area contributed by atoms with Gasteiger partial charge >= 0.3 is 0 Å². The second-order valence-electron chi connectivity index (χ2n) is 13.8. The lowest BCUT2D eigenvalue weighted by molar-refractivity contribution is 1.08. The van der Waals surface area contributed by atoms with Gasteiger partial charge in [0.25, 0.3) is 0 Å². The fourth-order valence-electron chi connectivity index (χ4n) is 7.80. The van der Waals surface area contributed by atoms with Crippen LogP contribution in [0.4, 0.5) is 0 Å². The first-order valence-corrected chi connectivity index (χ1v) is 18.5. The van der Waals surface area contributed by atoms with Crippen LogP contribution in [0.15, 0.2) is 176 Å². The van der Waals surface area contributed by atoms with E-state index in [1.165, 1.54) is 0 Å². The minimum Gasteiger partial charge on any atom is -0.254 e. The average Bonchev–Trinajstić information content (AvgIpc) is 3.28. The molecular weight excluding hydrogens is 687 g/mol. The Kier molecular flexibility index (Phi) is 7.35. The van der Waals surface area contributed by atoms with Crippen molar-refractivity contribution in [2.45, 2.75) is 0 Å². The smallest absolute Gasteiger partial charge is 0.164 e. The van der Waals surface area contributed by atoms with Crippen LogP contribution < -0.4 is 0 Å². The van der Waals surface area contributed by atoms with E-state index in [1.54, 1.807) is 0 Å². The van der Waals surface area contributed by atoms with Crippen LogP contribution in [0.25, 0.3) is 111 Å². The van der Waals surface area contributed by atoms with E-state index in [1.807, 2.05) is 49.1 Å². The summed E-state index contributed by atoms with van der Waals surface area (Å²) in [4.78, 5) is 34.0. The molecule has 0 spiro atoms. The highest BCUT2D eigenvalue weighted by atomic mass is 15.0. The van der Waals surface area contributed by atoms with Gasteiger partial charge in [-0.25, -0.2) is 15.0 Å². The van der Waals surface area contributed by atoms with Gasteiger partial charge in [0.15, 0.2) is 17.5 Å². The Bertz CT molecular complexity index is 3120. The number of fused-ring (bicyclic) bond motifs is 7. The van der Waals surface area contributed by atoms with E-state index in [-0.39, 0.29) is 0 Å². The summed E-state index contributed by atoms with van der Waals surface area (Å²) in [5.41, 5.74) is 10.7. The van der Waals surface area contributed by atoms with Crippen LogP contribution in [0, 0.1) is 0 Å². The second kappa shape index (κ2) is 13.0. The number of aromatic nitrogens is 7. The monoisotopic (exact) mass is 715 g/mol. The summed E-state index contributed by atoms with van der Waals surface area (Å²) in [5.74, 6) is 1.82. The van der Waals surface area contributed by atoms with E-state index in [0.717, 1.165) is 93.3 Å². The molecule has 0 bridgehead atoms. The highest BCUT2D eigenvalue weighted by molar-refractivity contribution is 6.11. The third kappa shape index (κ3) is 5.33. The standard InChI is InChI=1S/C49H29N7/c1-2-12-37-30(8-1)9-3-13-40(37)49-55-47(33-20-16-31(17-21-33)41-28-35-10-4-24-50-43(35)45-38(41)14-6-26-52-45)54-48(56-49)34-22-18-32(19-23-34)42-29-36-11-5-25-51-44(36)46-39(42)15-7-27-53-46/h1-29H. The first kappa shape index (κ1) is 31.7. The summed E-state index contributed by atoms with van der Waals surface area (Å²) in [5, 5.41) is 6.42. The van der Waals surface area contributed by atoms with Gasteiger partial charge in [-0.15, -0.1) is 0 Å². The first-order chi connectivity index (χ1) is 27.7. The summed E-state index contributed by atoms with van der Waals surface area (Å²) < 4.78 is 0. The molecule has 0 saturated heterocycles. The van der Waals surface area contributed by atoms with Crippen LogP contribution in [0.5, 0.6) is 0 Å². The molecule has 5 aromatic heterocycles. The molecule has 0 aliphatic rings. The molecule has 0 N–H and O–H groups in total. The minimum absolute atomic E-state index is 0.599. The third-order valence-corrected chi connectivity index (χ3v) is 10.5. The van der Waals surface area contributed by atoms with Gasteiger partial charge in [-0.2, -0.15) is 0 Å². The molecule has 6 aromatic carbocycles. The Balaban J connectivity index is 1.04. The molecule has 0 aliphatic heterocycles. The van der Waals surface area contributed by atoms with Gasteiger partial charge < -0.3 is 0 Å². The maximum atomic E-state index is 5.12. The zero-order valence-corrected chi connectivity index (χ0v) is 29.9. The van der Waals surface area contributed by atoms with Gasteiger partial charge in [0, 0.05) is 63.0 Å². The van der Waals surface area contributed by atoms with Crippen LogP contribution >= 0.6 is 0 Å². The molecule has 0 saturated carbocycles. The summed E-state index contributed by atoms with van der Waals surface area (Å²) in [6.07, 6.45) is 7.28. The number of rotatable bonds is 5. The third-order valence-electron chi connectivity index (χ3n) is 10.5. The Morgan fingerprint density at radius 2 is 0.679 bits per heavy atom. The maximum absolute atomic E-state index is 5.12. The molecule has 11 aromatic rings. The van der Waals surface area contributed by atoms with Gasteiger partial charge in [-0.3, -0.25) is 19.9 Å². The van der Waals surface area contributed by atoms with E-state index in [9.17, 15) is 0 Å². The second-order valence-corrected chi connectivity index (χ2v) is 13.8. The largest absolute Gasteiger partial charge is 0.254 e. The Morgan fingerprint density at radius 1 is 0.268 bits per heavy atom. The Morgan fingerprint density at radius 3 is 1.23 bits per heavy atom. The minimum atomic E-state index is 0.599. The number of hydrogen-bond donors (Lipinski definition) is 0. The quantitative estimate of drug-likeness (QED) is 0.164. The van der Waals surface area contributed by atoms with Crippen LogP contribution in [0.2, 0.25) is 0 Å². The van der Waals surface area contributed by atoms with Crippen molar-refractivity contribution in [2.24, 2.45) is 0 Å². The number of nitrogens with zero attached hydrogens (tertiary/aromatic N) is 7. The zero-order chi connectivity index (χ0) is 37.0. The Hall–Kier alpha value is -7.77. The fraction of sp³-hybridized carbons (Fsp3) is 0. The maximum Gasteiger partial charge on any atom is 0.164 e. The average molecular weight is 716 g/mol. The Labute approximate surface area is 321 Å². The van der Waals surface area contributed by atoms with Crippen molar-refractivity contribution in [1.29, 1.82) is 0 Å². The molecular formula is C49H29N7. The SMILES string of the molecule is c1ccc2c(-c3nc(-c4ccc(-c5cc6cccnc6c6ncccc56)cc4)nc(-c4ccc(-c5cc6cccnc6c6ncccc56)cc4)n3)cccc2c1. The van der Waals surface area contributed by atoms with Crippen LogP contribution in [-0.4, -0.2) is 34.9 Å². The van der Waals surface area contributed by atoms with Crippen LogP contribution in [-0.2, 0) is 0 Å². The molecule has 11 rings (SSSR count). The van der Waals surface area contributed by atoms with E-state index in [4.69, 9.17) is 24.9 Å². The van der Waals surface area contributed by atoms with Gasteiger partial charge in [0.1, 0.15) is 0 Å². The highest BCUT2D eigenvalue weighted by Gasteiger charge is 2.17. The van der Waals surface area contributed by atoms with Crippen molar-refractivity contribution in [3.63, 3.8) is 0 Å². The zero-order valence-electron chi connectivity index (χ0n) is 29.9. The number of pyridine rings is 4. The summed E-state index contributed by atoms with van der Waals surface area (Å²) >= 11 is 0. The van der Waals surface area contributed by atoms with Gasteiger partial charge in [0.05, 0.1) is 22.1 Å². The molecule has 0 radical (unpaired) electrons. The lowest BCUT2D eigenvalue weighted by atomic mass is 9.96. The van der Waals surface area contributed by atoms with Crippen molar-refractivity contribution in [3.8, 4) is 56.4 Å². The summed E-state index contributed by atoms with van der Waals surface area (Å²) in [6.45, 7) is 0. The predicted molar refractivity (Wildman–Crippen MR) is 226 cm³/mol. The topological polar surface area (TPSA) is 90.2 Å². The van der Waals surface area contributed by atoms with E-state index in [0.29, 0.717) is 17.5 Å². The van der Waals surface area contributed by atoms with Crippen molar-refractivity contribution < 1.29 is 0 Å². The summed E-state index contributed by atoms with van der Waals surface area (Å²) in [6, 6.07) is 52.1. The van der Waals surface area contributed by atoms with Gasteiger partial charge in [-0.1, -0.05) is 115 Å². The van der Waals surface area contributed by atoms with E-state index >= 15 is 0 Å². The van der Waals surface area contributed by atoms with Crippen molar-refractivity contribution in [1.82, 2.24) is 34.9 Å². The fourth-order valence-corrected chi connectivity index (χ4v) is 7.80. The molecule has 0 fully saturated rings. The summed E-state index contributed by atoms with van der Waals surface area (Å²) in [7, 11) is 0. The highest BCUT2D eigenvalue weighted by Crippen LogP contribution is 2.37. The normalized spacial score (nSPS) is 11.6. The van der Waals surface area contributed by atoms with E-state index in [2.05, 4.69) is 137 Å². The van der Waals surface area contributed by atoms with E-state index < -0.39 is 0 Å². The first-order valence-electron chi connectivity index (χ1n) is 18.5. The van der Waals surface area contributed by atoms with Crippen LogP contribution in [0.3, 0.4) is 0 Å². The molecule has 0 aliphatic carbocycles. The van der Waals surface area contributed by atoms with Crippen LogP contribution in [0.1, 0.15) is 0 Å². The lowest BCUT2D eigenvalue weighted by Crippen LogP contribution is -2.00. The molecule has 0 atom stereocenters. The number of hydrogen-bond acceptors (Lipinski definition) is 7. The van der Waals surface area contributed by atoms with Gasteiger partial charge in [0.2, 0.25) is 0 Å². The van der Waals surface area contributed by atoms with Crippen molar-refractivity contribution in [3.05, 3.63) is 176 Å². The molecule has 5 heterocycles. The molecule has 7 heteroatoms. The predicted octanol–water partition coefficient (Wildman–Crippen LogP) is 11.6. The lowest BCUT2D eigenvalue weighted by Gasteiger charge is -2.12. The molecule has 7 nitrogen and oxygen atoms in total. The molecule has 56 heavy (non-hydrogen) atoms. The molecule has 0 unspecified atom stereocenters. The van der Waals surface area contributed by atoms with Crippen molar-refractivity contribution in [2.75, 3.05) is 0 Å². The number of benzene rings is 6. The van der Waals surface area contributed by atoms with Gasteiger partial charge in [-0.05, 0) is 69.4 Å².